The monoisotopic (exact) mass is 214 g/mol. The molecule has 0 aromatic heterocycles. The van der Waals surface area contributed by atoms with Crippen molar-refractivity contribution < 1.29 is 0 Å². The van der Waals surface area contributed by atoms with Crippen LogP contribution in [-0.2, 0) is 0 Å². The first-order valence-corrected chi connectivity index (χ1v) is 4.14. The van der Waals surface area contributed by atoms with E-state index >= 15 is 0 Å². The van der Waals surface area contributed by atoms with E-state index < -0.39 is 0 Å². The molecule has 0 amide bonds. The average molecular weight is 215 g/mol. The number of nitrogens with zero attached hydrogens (tertiary/aromatic N) is 1. The van der Waals surface area contributed by atoms with Crippen LogP contribution in [0.4, 0.5) is 0 Å². The first kappa shape index (κ1) is 15.0. The van der Waals surface area contributed by atoms with Crippen LogP contribution in [0.25, 0.3) is 0 Å². The first-order valence-electron chi connectivity index (χ1n) is 4.14. The standard InChI is InChI=1S/C8H18N2.2ClH/c1-7(2)10(3)8-4-5-9-6-8;;/h7-9H,4-6H2,1-3H3;2*1H/t8-;;/m1../s1. The molecule has 1 saturated heterocycles. The third-order valence-corrected chi connectivity index (χ3v) is 2.42. The van der Waals surface area contributed by atoms with Crippen LogP contribution in [0.15, 0.2) is 0 Å². The smallest absolute Gasteiger partial charge is 0.0232 e. The van der Waals surface area contributed by atoms with Gasteiger partial charge in [-0.3, -0.25) is 4.90 Å². The summed E-state index contributed by atoms with van der Waals surface area (Å²) in [6, 6.07) is 1.46. The van der Waals surface area contributed by atoms with Gasteiger partial charge in [0.15, 0.2) is 0 Å². The molecule has 0 saturated carbocycles. The van der Waals surface area contributed by atoms with Crippen molar-refractivity contribution >= 4 is 24.8 Å². The summed E-state index contributed by atoms with van der Waals surface area (Å²) in [5.41, 5.74) is 0. The Morgan fingerprint density at radius 1 is 1.33 bits per heavy atom. The molecule has 0 aliphatic carbocycles. The van der Waals surface area contributed by atoms with Gasteiger partial charge in [-0.15, -0.1) is 24.8 Å². The zero-order valence-corrected chi connectivity index (χ0v) is 9.67. The maximum Gasteiger partial charge on any atom is 0.0232 e. The zero-order chi connectivity index (χ0) is 7.56. The lowest BCUT2D eigenvalue weighted by Crippen LogP contribution is -2.38. The number of hydrogen-bond donors (Lipinski definition) is 1. The van der Waals surface area contributed by atoms with Gasteiger partial charge >= 0.3 is 0 Å². The van der Waals surface area contributed by atoms with Gasteiger partial charge in [0.2, 0.25) is 0 Å². The van der Waals surface area contributed by atoms with Crippen molar-refractivity contribution in [3.8, 4) is 0 Å². The summed E-state index contributed by atoms with van der Waals surface area (Å²) in [5.74, 6) is 0. The minimum Gasteiger partial charge on any atom is -0.315 e. The fraction of sp³-hybridized carbons (Fsp3) is 1.00. The number of rotatable bonds is 2. The molecule has 1 heterocycles. The molecule has 2 nitrogen and oxygen atoms in total. The number of nitrogens with one attached hydrogen (secondary N) is 1. The summed E-state index contributed by atoms with van der Waals surface area (Å²) in [5, 5.41) is 3.37. The zero-order valence-electron chi connectivity index (χ0n) is 8.04. The van der Waals surface area contributed by atoms with E-state index in [1.807, 2.05) is 0 Å². The molecule has 1 rings (SSSR count). The third kappa shape index (κ3) is 3.94. The van der Waals surface area contributed by atoms with E-state index in [2.05, 4.69) is 31.1 Å². The Labute approximate surface area is 87.9 Å². The molecule has 0 bridgehead atoms. The molecule has 0 spiro atoms. The maximum absolute atomic E-state index is 3.37. The summed E-state index contributed by atoms with van der Waals surface area (Å²) < 4.78 is 0. The second kappa shape index (κ2) is 6.96. The molecule has 0 unspecified atom stereocenters. The van der Waals surface area contributed by atoms with E-state index in [0.29, 0.717) is 6.04 Å². The van der Waals surface area contributed by atoms with Crippen LogP contribution >= 0.6 is 24.8 Å². The van der Waals surface area contributed by atoms with Gasteiger partial charge in [0.25, 0.3) is 0 Å². The van der Waals surface area contributed by atoms with Crippen molar-refractivity contribution in [1.29, 1.82) is 0 Å². The highest BCUT2D eigenvalue weighted by Gasteiger charge is 2.20. The average Bonchev–Trinajstić information content (AvgIpc) is 2.36. The normalized spacial score (nSPS) is 22.2. The van der Waals surface area contributed by atoms with Crippen LogP contribution in [0, 0.1) is 0 Å². The van der Waals surface area contributed by atoms with Crippen molar-refractivity contribution in [2.75, 3.05) is 20.1 Å². The summed E-state index contributed by atoms with van der Waals surface area (Å²) in [6.45, 7) is 6.87. The molecule has 1 aliphatic rings. The van der Waals surface area contributed by atoms with Gasteiger partial charge in [-0.05, 0) is 33.9 Å². The van der Waals surface area contributed by atoms with Gasteiger partial charge in [0, 0.05) is 18.6 Å². The molecule has 76 valence electrons. The van der Waals surface area contributed by atoms with Crippen LogP contribution in [0.3, 0.4) is 0 Å². The van der Waals surface area contributed by atoms with Crippen LogP contribution in [0.2, 0.25) is 0 Å². The molecule has 0 aromatic rings. The Morgan fingerprint density at radius 3 is 2.25 bits per heavy atom. The van der Waals surface area contributed by atoms with Gasteiger partial charge in [-0.25, -0.2) is 0 Å². The Morgan fingerprint density at radius 2 is 1.92 bits per heavy atom. The second-order valence-corrected chi connectivity index (χ2v) is 3.41. The molecule has 0 radical (unpaired) electrons. The minimum absolute atomic E-state index is 0. The number of likely N-dealkylation sites (N-methyl/N-ethyl adjacent to an activating group) is 1. The molecule has 0 aromatic carbocycles. The van der Waals surface area contributed by atoms with Crippen LogP contribution < -0.4 is 5.32 Å². The third-order valence-electron chi connectivity index (χ3n) is 2.42. The fourth-order valence-electron chi connectivity index (χ4n) is 1.41. The van der Waals surface area contributed by atoms with Crippen LogP contribution in [-0.4, -0.2) is 37.1 Å². The first-order chi connectivity index (χ1) is 4.72. The van der Waals surface area contributed by atoms with Gasteiger partial charge in [-0.1, -0.05) is 0 Å². The maximum atomic E-state index is 3.37. The highest BCUT2D eigenvalue weighted by atomic mass is 35.5. The van der Waals surface area contributed by atoms with Gasteiger partial charge in [0.05, 0.1) is 0 Å². The molecular formula is C8H20Cl2N2. The van der Waals surface area contributed by atoms with Crippen molar-refractivity contribution in [2.24, 2.45) is 0 Å². The molecule has 1 atom stereocenters. The van der Waals surface area contributed by atoms with Gasteiger partial charge < -0.3 is 5.32 Å². The Balaban J connectivity index is 0. The SMILES string of the molecule is CC(C)N(C)[C@@H]1CCNC1.Cl.Cl. The van der Waals surface area contributed by atoms with Crippen molar-refractivity contribution in [3.63, 3.8) is 0 Å². The van der Waals surface area contributed by atoms with Crippen molar-refractivity contribution in [1.82, 2.24) is 10.2 Å². The van der Waals surface area contributed by atoms with Gasteiger partial charge in [-0.2, -0.15) is 0 Å². The summed E-state index contributed by atoms with van der Waals surface area (Å²) >= 11 is 0. The molecule has 1 fully saturated rings. The van der Waals surface area contributed by atoms with E-state index in [1.54, 1.807) is 0 Å². The molecule has 1 N–H and O–H groups in total. The van der Waals surface area contributed by atoms with Crippen LogP contribution in [0.5, 0.6) is 0 Å². The predicted molar refractivity (Wildman–Crippen MR) is 58.7 cm³/mol. The Hall–Kier alpha value is 0.500. The Bertz CT molecular complexity index is 103. The van der Waals surface area contributed by atoms with Crippen molar-refractivity contribution in [3.05, 3.63) is 0 Å². The highest BCUT2D eigenvalue weighted by molar-refractivity contribution is 5.85. The fourth-order valence-corrected chi connectivity index (χ4v) is 1.41. The number of halogens is 2. The topological polar surface area (TPSA) is 15.3 Å². The molecule has 1 aliphatic heterocycles. The molecular weight excluding hydrogens is 195 g/mol. The summed E-state index contributed by atoms with van der Waals surface area (Å²) in [4.78, 5) is 2.44. The van der Waals surface area contributed by atoms with E-state index in [1.165, 1.54) is 19.5 Å². The summed E-state index contributed by atoms with van der Waals surface area (Å²) in [6.07, 6.45) is 1.31. The molecule has 12 heavy (non-hydrogen) atoms. The second-order valence-electron chi connectivity index (χ2n) is 3.41. The van der Waals surface area contributed by atoms with E-state index in [0.717, 1.165) is 6.04 Å². The minimum atomic E-state index is 0. The molecule has 4 heteroatoms. The van der Waals surface area contributed by atoms with E-state index in [-0.39, 0.29) is 24.8 Å². The predicted octanol–water partition coefficient (Wildman–Crippen LogP) is 1.53. The lowest BCUT2D eigenvalue weighted by atomic mass is 10.2. The van der Waals surface area contributed by atoms with Crippen LogP contribution in [0.1, 0.15) is 20.3 Å². The van der Waals surface area contributed by atoms with Crippen molar-refractivity contribution in [2.45, 2.75) is 32.4 Å². The lowest BCUT2D eigenvalue weighted by molar-refractivity contribution is 0.208. The van der Waals surface area contributed by atoms with Gasteiger partial charge in [0.1, 0.15) is 0 Å². The highest BCUT2D eigenvalue weighted by Crippen LogP contribution is 2.08. The largest absolute Gasteiger partial charge is 0.315 e. The number of hydrogen-bond acceptors (Lipinski definition) is 2. The van der Waals surface area contributed by atoms with E-state index in [9.17, 15) is 0 Å². The Kier molecular flexibility index (Phi) is 8.69. The quantitative estimate of drug-likeness (QED) is 0.751. The van der Waals surface area contributed by atoms with E-state index in [4.69, 9.17) is 0 Å². The lowest BCUT2D eigenvalue weighted by Gasteiger charge is -2.27. The summed E-state index contributed by atoms with van der Waals surface area (Å²) in [7, 11) is 2.21.